The minimum Gasteiger partial charge on any atom is -0.315 e. The zero-order chi connectivity index (χ0) is 13.2. The molecule has 0 amide bonds. The molecule has 0 aromatic heterocycles. The van der Waals surface area contributed by atoms with Crippen LogP contribution in [0.15, 0.2) is 0 Å². The summed E-state index contributed by atoms with van der Waals surface area (Å²) in [6.07, 6.45) is 5.35. The third-order valence-electron chi connectivity index (χ3n) is 3.79. The Labute approximate surface area is 114 Å². The predicted octanol–water partition coefficient (Wildman–Crippen LogP) is 2.09. The fraction of sp³-hybridized carbons (Fsp3) is 1.00. The van der Waals surface area contributed by atoms with E-state index in [1.165, 1.54) is 58.4 Å². The highest BCUT2D eigenvalue weighted by molar-refractivity contribution is 4.76. The highest BCUT2D eigenvalue weighted by Crippen LogP contribution is 2.18. The van der Waals surface area contributed by atoms with E-state index in [9.17, 15) is 0 Å². The molecule has 1 aliphatic heterocycles. The van der Waals surface area contributed by atoms with Gasteiger partial charge in [0, 0.05) is 25.7 Å². The van der Waals surface area contributed by atoms with Crippen LogP contribution in [-0.4, -0.2) is 50.2 Å². The highest BCUT2D eigenvalue weighted by Gasteiger charge is 2.21. The predicted molar refractivity (Wildman–Crippen MR) is 80.1 cm³/mol. The van der Waals surface area contributed by atoms with Gasteiger partial charge in [-0.2, -0.15) is 0 Å². The molecule has 1 fully saturated rings. The van der Waals surface area contributed by atoms with Crippen LogP contribution >= 0.6 is 0 Å². The van der Waals surface area contributed by atoms with Crippen LogP contribution in [0.25, 0.3) is 0 Å². The zero-order valence-corrected chi connectivity index (χ0v) is 12.7. The third kappa shape index (κ3) is 7.34. The highest BCUT2D eigenvalue weighted by atomic mass is 15.2. The van der Waals surface area contributed by atoms with Gasteiger partial charge in [-0.15, -0.1) is 0 Å². The Bertz CT molecular complexity index is 194. The molecule has 1 unspecified atom stereocenters. The van der Waals surface area contributed by atoms with Crippen LogP contribution in [0.1, 0.15) is 46.5 Å². The number of unbranched alkanes of at least 4 members (excludes halogenated alkanes) is 1. The van der Waals surface area contributed by atoms with Crippen molar-refractivity contribution in [3.8, 4) is 0 Å². The van der Waals surface area contributed by atoms with Crippen molar-refractivity contribution in [2.24, 2.45) is 5.92 Å². The van der Waals surface area contributed by atoms with Gasteiger partial charge in [-0.3, -0.25) is 0 Å². The normalized spacial score (nSPS) is 21.0. The SMILES string of the molecule is CCCCNCCN1CCC(CCNC(C)C)C1. The van der Waals surface area contributed by atoms with Crippen molar-refractivity contribution in [2.75, 3.05) is 39.3 Å². The minimum atomic E-state index is 0.630. The molecule has 1 saturated heterocycles. The maximum absolute atomic E-state index is 3.53. The Morgan fingerprint density at radius 3 is 2.78 bits per heavy atom. The Hall–Kier alpha value is -0.120. The van der Waals surface area contributed by atoms with E-state index in [4.69, 9.17) is 0 Å². The van der Waals surface area contributed by atoms with Gasteiger partial charge in [-0.1, -0.05) is 27.2 Å². The first-order valence-electron chi connectivity index (χ1n) is 7.88. The van der Waals surface area contributed by atoms with Crippen molar-refractivity contribution in [3.05, 3.63) is 0 Å². The van der Waals surface area contributed by atoms with Crippen molar-refractivity contribution >= 4 is 0 Å². The molecule has 1 rings (SSSR count). The summed E-state index contributed by atoms with van der Waals surface area (Å²) in [5.74, 6) is 0.923. The summed E-state index contributed by atoms with van der Waals surface area (Å²) in [7, 11) is 0. The lowest BCUT2D eigenvalue weighted by molar-refractivity contribution is 0.317. The van der Waals surface area contributed by atoms with Gasteiger partial charge >= 0.3 is 0 Å². The first kappa shape index (κ1) is 15.9. The van der Waals surface area contributed by atoms with Crippen molar-refractivity contribution in [3.63, 3.8) is 0 Å². The second kappa shape index (κ2) is 9.76. The van der Waals surface area contributed by atoms with Gasteiger partial charge < -0.3 is 15.5 Å². The topological polar surface area (TPSA) is 27.3 Å². The molecule has 0 aromatic rings. The van der Waals surface area contributed by atoms with Gasteiger partial charge in [-0.25, -0.2) is 0 Å². The van der Waals surface area contributed by atoms with E-state index in [1.807, 2.05) is 0 Å². The molecule has 1 aliphatic rings. The first-order valence-corrected chi connectivity index (χ1v) is 7.88. The van der Waals surface area contributed by atoms with Crippen molar-refractivity contribution in [2.45, 2.75) is 52.5 Å². The van der Waals surface area contributed by atoms with Crippen LogP contribution in [0.4, 0.5) is 0 Å². The lowest BCUT2D eigenvalue weighted by atomic mass is 10.1. The van der Waals surface area contributed by atoms with Gasteiger partial charge in [0.25, 0.3) is 0 Å². The maximum Gasteiger partial charge on any atom is 0.0107 e. The van der Waals surface area contributed by atoms with E-state index in [0.29, 0.717) is 6.04 Å². The molecule has 3 nitrogen and oxygen atoms in total. The Morgan fingerprint density at radius 1 is 1.22 bits per heavy atom. The largest absolute Gasteiger partial charge is 0.315 e. The second-order valence-electron chi connectivity index (χ2n) is 5.96. The standard InChI is InChI=1S/C15H33N3/c1-4-5-8-16-10-12-18-11-7-15(13-18)6-9-17-14(2)3/h14-17H,4-13H2,1-3H3. The molecule has 108 valence electrons. The van der Waals surface area contributed by atoms with Crippen molar-refractivity contribution < 1.29 is 0 Å². The molecule has 1 atom stereocenters. The minimum absolute atomic E-state index is 0.630. The van der Waals surface area contributed by atoms with E-state index >= 15 is 0 Å². The fourth-order valence-corrected chi connectivity index (χ4v) is 2.59. The number of likely N-dealkylation sites (tertiary alicyclic amines) is 1. The van der Waals surface area contributed by atoms with Crippen LogP contribution < -0.4 is 10.6 Å². The Morgan fingerprint density at radius 2 is 2.06 bits per heavy atom. The van der Waals surface area contributed by atoms with Crippen LogP contribution in [0.2, 0.25) is 0 Å². The van der Waals surface area contributed by atoms with E-state index in [2.05, 4.69) is 36.3 Å². The number of hydrogen-bond donors (Lipinski definition) is 2. The number of rotatable bonds is 10. The van der Waals surface area contributed by atoms with Crippen LogP contribution in [0.3, 0.4) is 0 Å². The van der Waals surface area contributed by atoms with Crippen molar-refractivity contribution in [1.29, 1.82) is 0 Å². The van der Waals surface area contributed by atoms with Crippen LogP contribution in [0, 0.1) is 5.92 Å². The van der Waals surface area contributed by atoms with E-state index in [1.54, 1.807) is 0 Å². The summed E-state index contributed by atoms with van der Waals surface area (Å²) in [4.78, 5) is 2.62. The molecule has 18 heavy (non-hydrogen) atoms. The average molecular weight is 255 g/mol. The van der Waals surface area contributed by atoms with Gasteiger partial charge in [0.15, 0.2) is 0 Å². The summed E-state index contributed by atoms with van der Waals surface area (Å²) < 4.78 is 0. The average Bonchev–Trinajstić information content (AvgIpc) is 2.76. The number of nitrogens with one attached hydrogen (secondary N) is 2. The molecular weight excluding hydrogens is 222 g/mol. The monoisotopic (exact) mass is 255 g/mol. The molecule has 0 bridgehead atoms. The summed E-state index contributed by atoms with van der Waals surface area (Å²) in [5, 5.41) is 7.05. The lowest BCUT2D eigenvalue weighted by Crippen LogP contribution is -2.31. The fourth-order valence-electron chi connectivity index (χ4n) is 2.59. The molecule has 3 heteroatoms. The van der Waals surface area contributed by atoms with Gasteiger partial charge in [0.1, 0.15) is 0 Å². The number of hydrogen-bond acceptors (Lipinski definition) is 3. The Balaban J connectivity index is 1.96. The zero-order valence-electron chi connectivity index (χ0n) is 12.7. The molecule has 0 spiro atoms. The summed E-state index contributed by atoms with van der Waals surface area (Å²) in [5.41, 5.74) is 0. The quantitative estimate of drug-likeness (QED) is 0.585. The van der Waals surface area contributed by atoms with Gasteiger partial charge in [0.2, 0.25) is 0 Å². The second-order valence-corrected chi connectivity index (χ2v) is 5.96. The molecule has 0 saturated carbocycles. The smallest absolute Gasteiger partial charge is 0.0107 e. The molecule has 1 heterocycles. The molecule has 0 aromatic carbocycles. The first-order chi connectivity index (χ1) is 8.72. The van der Waals surface area contributed by atoms with E-state index in [-0.39, 0.29) is 0 Å². The molecule has 2 N–H and O–H groups in total. The summed E-state index contributed by atoms with van der Waals surface area (Å²) >= 11 is 0. The van der Waals surface area contributed by atoms with Gasteiger partial charge in [0.05, 0.1) is 0 Å². The molecule has 0 radical (unpaired) electrons. The van der Waals surface area contributed by atoms with E-state index < -0.39 is 0 Å². The van der Waals surface area contributed by atoms with Gasteiger partial charge in [-0.05, 0) is 44.8 Å². The third-order valence-corrected chi connectivity index (χ3v) is 3.79. The number of nitrogens with zero attached hydrogens (tertiary/aromatic N) is 1. The van der Waals surface area contributed by atoms with Crippen LogP contribution in [-0.2, 0) is 0 Å². The van der Waals surface area contributed by atoms with Crippen molar-refractivity contribution in [1.82, 2.24) is 15.5 Å². The molecular formula is C15H33N3. The summed E-state index contributed by atoms with van der Waals surface area (Å²) in [6, 6.07) is 0.630. The Kier molecular flexibility index (Phi) is 8.64. The maximum atomic E-state index is 3.53. The summed E-state index contributed by atoms with van der Waals surface area (Å²) in [6.45, 7) is 14.1. The van der Waals surface area contributed by atoms with Crippen LogP contribution in [0.5, 0.6) is 0 Å². The van der Waals surface area contributed by atoms with E-state index in [0.717, 1.165) is 12.5 Å². The molecule has 0 aliphatic carbocycles. The lowest BCUT2D eigenvalue weighted by Gasteiger charge is -2.17.